The second kappa shape index (κ2) is 8.33. The first kappa shape index (κ1) is 17.1. The van der Waals surface area contributed by atoms with Gasteiger partial charge in [-0.1, -0.05) is 84.9 Å². The van der Waals surface area contributed by atoms with E-state index in [-0.39, 0.29) is 0 Å². The van der Waals surface area contributed by atoms with Gasteiger partial charge in [0, 0.05) is 0 Å². The summed E-state index contributed by atoms with van der Waals surface area (Å²) in [5.74, 6) is 0.792. The Kier molecular flexibility index (Phi) is 5.47. The van der Waals surface area contributed by atoms with Crippen LogP contribution in [0.4, 0.5) is 0 Å². The first-order chi connectivity index (χ1) is 12.9. The average Bonchev–Trinajstić information content (AvgIpc) is 2.72. The van der Waals surface area contributed by atoms with Gasteiger partial charge in [-0.25, -0.2) is 0 Å². The molecule has 0 saturated carbocycles. The molecule has 0 aromatic heterocycles. The molecule has 3 aromatic rings. The largest absolute Gasteiger partial charge is 0.292 e. The number of benzene rings is 3. The van der Waals surface area contributed by atoms with Crippen LogP contribution in [0.3, 0.4) is 0 Å². The van der Waals surface area contributed by atoms with Crippen LogP contribution in [-0.2, 0) is 6.42 Å². The predicted octanol–water partition coefficient (Wildman–Crippen LogP) is 5.53. The summed E-state index contributed by atoms with van der Waals surface area (Å²) in [5, 5.41) is 0. The summed E-state index contributed by atoms with van der Waals surface area (Å²) in [6.45, 7) is 2.33. The Morgan fingerprint density at radius 3 is 1.85 bits per heavy atom. The van der Waals surface area contributed by atoms with Gasteiger partial charge in [-0.3, -0.25) is 4.90 Å². The van der Waals surface area contributed by atoms with Gasteiger partial charge in [0.05, 0.1) is 6.04 Å². The third-order valence-electron chi connectivity index (χ3n) is 5.56. The number of hydrogen-bond acceptors (Lipinski definition) is 1. The Hall–Kier alpha value is -2.38. The maximum atomic E-state index is 3.12. The standard InChI is InChI=1S/C25H26N/c1-4-10-21(11-5-1)20-22-16-18-26(19-17-22)25(23-12-6-2-7-13-23)24-14-8-3-9-15-24/h2-15,22,25H,16-20H2. The SMILES string of the molecule is [c]1ccc(CC2CCN(C(c3ccccc3)c3ccccc3)CC2)cc1. The smallest absolute Gasteiger partial charge is 0.0601 e. The zero-order valence-corrected chi connectivity index (χ0v) is 15.2. The molecule has 131 valence electrons. The lowest BCUT2D eigenvalue weighted by molar-refractivity contribution is 0.151. The molecule has 4 rings (SSSR count). The van der Waals surface area contributed by atoms with E-state index in [9.17, 15) is 0 Å². The maximum absolute atomic E-state index is 3.12. The zero-order valence-electron chi connectivity index (χ0n) is 15.2. The van der Waals surface area contributed by atoms with Gasteiger partial charge in [0.1, 0.15) is 0 Å². The highest BCUT2D eigenvalue weighted by atomic mass is 15.2. The molecule has 1 fully saturated rings. The molecule has 0 spiro atoms. The van der Waals surface area contributed by atoms with E-state index < -0.39 is 0 Å². The molecule has 0 bridgehead atoms. The van der Waals surface area contributed by atoms with Crippen molar-refractivity contribution in [1.82, 2.24) is 4.90 Å². The van der Waals surface area contributed by atoms with Gasteiger partial charge in [-0.05, 0) is 61.0 Å². The van der Waals surface area contributed by atoms with Crippen LogP contribution < -0.4 is 0 Å². The highest BCUT2D eigenvalue weighted by Gasteiger charge is 2.27. The van der Waals surface area contributed by atoms with Crippen molar-refractivity contribution >= 4 is 0 Å². The molecule has 1 nitrogen and oxygen atoms in total. The fraction of sp³-hybridized carbons (Fsp3) is 0.280. The number of likely N-dealkylation sites (tertiary alicyclic amines) is 1. The Morgan fingerprint density at radius 2 is 1.31 bits per heavy atom. The second-order valence-electron chi connectivity index (χ2n) is 7.32. The van der Waals surface area contributed by atoms with E-state index >= 15 is 0 Å². The Labute approximate surface area is 157 Å². The molecular weight excluding hydrogens is 314 g/mol. The second-order valence-corrected chi connectivity index (χ2v) is 7.32. The minimum Gasteiger partial charge on any atom is -0.292 e. The van der Waals surface area contributed by atoms with Crippen molar-refractivity contribution in [2.75, 3.05) is 13.1 Å². The maximum Gasteiger partial charge on any atom is 0.0601 e. The van der Waals surface area contributed by atoms with Crippen LogP contribution in [0.2, 0.25) is 0 Å². The van der Waals surface area contributed by atoms with Crippen LogP contribution in [0.1, 0.15) is 35.6 Å². The summed E-state index contributed by atoms with van der Waals surface area (Å²) >= 11 is 0. The Bertz CT molecular complexity index is 735. The quantitative estimate of drug-likeness (QED) is 0.590. The highest BCUT2D eigenvalue weighted by Crippen LogP contribution is 2.33. The first-order valence-corrected chi connectivity index (χ1v) is 9.69. The number of piperidine rings is 1. The van der Waals surface area contributed by atoms with Crippen LogP contribution in [0.25, 0.3) is 0 Å². The van der Waals surface area contributed by atoms with E-state index in [1.807, 2.05) is 12.1 Å². The lowest BCUT2D eigenvalue weighted by Gasteiger charge is -2.38. The van der Waals surface area contributed by atoms with E-state index in [0.29, 0.717) is 6.04 Å². The van der Waals surface area contributed by atoms with Crippen LogP contribution in [0, 0.1) is 12.0 Å². The number of hydrogen-bond donors (Lipinski definition) is 0. The highest BCUT2D eigenvalue weighted by molar-refractivity contribution is 5.32. The molecule has 1 heteroatoms. The van der Waals surface area contributed by atoms with Gasteiger partial charge < -0.3 is 0 Å². The molecule has 0 aliphatic carbocycles. The van der Waals surface area contributed by atoms with Gasteiger partial charge in [-0.2, -0.15) is 0 Å². The predicted molar refractivity (Wildman–Crippen MR) is 108 cm³/mol. The summed E-state index contributed by atoms with van der Waals surface area (Å²) < 4.78 is 0. The van der Waals surface area contributed by atoms with Crippen molar-refractivity contribution in [3.8, 4) is 0 Å². The molecule has 3 aromatic carbocycles. The van der Waals surface area contributed by atoms with E-state index in [1.54, 1.807) is 0 Å². The fourth-order valence-electron chi connectivity index (χ4n) is 4.19. The van der Waals surface area contributed by atoms with Crippen molar-refractivity contribution in [3.05, 3.63) is 108 Å². The molecule has 1 saturated heterocycles. The van der Waals surface area contributed by atoms with Crippen molar-refractivity contribution in [2.24, 2.45) is 5.92 Å². The lowest BCUT2D eigenvalue weighted by atomic mass is 9.88. The third-order valence-corrected chi connectivity index (χ3v) is 5.56. The van der Waals surface area contributed by atoms with E-state index in [1.165, 1.54) is 36.0 Å². The third kappa shape index (κ3) is 4.05. The van der Waals surface area contributed by atoms with E-state index in [0.717, 1.165) is 19.0 Å². The molecule has 26 heavy (non-hydrogen) atoms. The Balaban J connectivity index is 1.48. The molecule has 1 aliphatic heterocycles. The van der Waals surface area contributed by atoms with Gasteiger partial charge in [-0.15, -0.1) is 0 Å². The normalized spacial score (nSPS) is 16.0. The van der Waals surface area contributed by atoms with E-state index in [2.05, 4.69) is 83.8 Å². The van der Waals surface area contributed by atoms with Crippen molar-refractivity contribution in [1.29, 1.82) is 0 Å². The number of nitrogens with zero attached hydrogens (tertiary/aromatic N) is 1. The first-order valence-electron chi connectivity index (χ1n) is 9.69. The molecule has 0 unspecified atom stereocenters. The molecular formula is C25H26N. The summed E-state index contributed by atoms with van der Waals surface area (Å²) in [5.41, 5.74) is 4.25. The van der Waals surface area contributed by atoms with Gasteiger partial charge in [0.25, 0.3) is 0 Å². The molecule has 1 aliphatic rings. The monoisotopic (exact) mass is 340 g/mol. The van der Waals surface area contributed by atoms with Crippen molar-refractivity contribution in [3.63, 3.8) is 0 Å². The van der Waals surface area contributed by atoms with E-state index in [4.69, 9.17) is 0 Å². The minimum atomic E-state index is 0.365. The fourth-order valence-corrected chi connectivity index (χ4v) is 4.19. The molecule has 0 atom stereocenters. The average molecular weight is 340 g/mol. The zero-order chi connectivity index (χ0) is 17.6. The van der Waals surface area contributed by atoms with Crippen LogP contribution in [0.5, 0.6) is 0 Å². The summed E-state index contributed by atoms with van der Waals surface area (Å²) in [6, 6.07) is 33.9. The lowest BCUT2D eigenvalue weighted by Crippen LogP contribution is -2.37. The molecule has 1 radical (unpaired) electrons. The van der Waals surface area contributed by atoms with Crippen LogP contribution >= 0.6 is 0 Å². The summed E-state index contributed by atoms with van der Waals surface area (Å²) in [4.78, 5) is 2.67. The number of rotatable bonds is 5. The topological polar surface area (TPSA) is 3.24 Å². The van der Waals surface area contributed by atoms with Gasteiger partial charge in [0.2, 0.25) is 0 Å². The van der Waals surface area contributed by atoms with Crippen molar-refractivity contribution in [2.45, 2.75) is 25.3 Å². The molecule has 0 N–H and O–H groups in total. The summed E-state index contributed by atoms with van der Waals surface area (Å²) in [7, 11) is 0. The van der Waals surface area contributed by atoms with Gasteiger partial charge in [0.15, 0.2) is 0 Å². The minimum absolute atomic E-state index is 0.365. The van der Waals surface area contributed by atoms with Crippen LogP contribution in [0.15, 0.2) is 84.9 Å². The van der Waals surface area contributed by atoms with Crippen molar-refractivity contribution < 1.29 is 0 Å². The molecule has 1 heterocycles. The molecule has 0 amide bonds. The van der Waals surface area contributed by atoms with Gasteiger partial charge >= 0.3 is 0 Å². The Morgan fingerprint density at radius 1 is 0.769 bits per heavy atom. The summed E-state index contributed by atoms with van der Waals surface area (Å²) in [6.07, 6.45) is 3.74. The van der Waals surface area contributed by atoms with Crippen LogP contribution in [-0.4, -0.2) is 18.0 Å².